The van der Waals surface area contributed by atoms with E-state index in [0.717, 1.165) is 24.9 Å². The Hall–Kier alpha value is -1.86. The molecule has 0 aromatic carbocycles. The average Bonchev–Trinajstić information content (AvgIpc) is 3.19. The van der Waals surface area contributed by atoms with Crippen LogP contribution < -0.4 is 0 Å². The second-order valence-corrected chi connectivity index (χ2v) is 6.27. The van der Waals surface area contributed by atoms with Gasteiger partial charge in [-0.15, -0.1) is 0 Å². The van der Waals surface area contributed by atoms with Crippen LogP contribution in [0.4, 0.5) is 0 Å². The van der Waals surface area contributed by atoms with Gasteiger partial charge in [0.05, 0.1) is 17.2 Å². The molecule has 0 amide bonds. The van der Waals surface area contributed by atoms with Gasteiger partial charge < -0.3 is 9.51 Å². The van der Waals surface area contributed by atoms with Gasteiger partial charge in [-0.25, -0.2) is 4.98 Å². The molecule has 2 bridgehead atoms. The van der Waals surface area contributed by atoms with Crippen LogP contribution in [0.2, 0.25) is 0 Å². The fraction of sp³-hybridized carbons (Fsp3) is 0.500. The second-order valence-electron chi connectivity index (χ2n) is 6.27. The average molecular weight is 267 g/mol. The number of rotatable bonds is 2. The van der Waals surface area contributed by atoms with Gasteiger partial charge in [-0.1, -0.05) is 12.5 Å². The highest BCUT2D eigenvalue weighted by molar-refractivity contribution is 5.40. The van der Waals surface area contributed by atoms with Gasteiger partial charge in [0.2, 0.25) is 0 Å². The number of hydrogen-bond donors (Lipinski definition) is 1. The maximum Gasteiger partial charge on any atom is 0.137 e. The minimum Gasteiger partial charge on any atom is -0.385 e. The van der Waals surface area contributed by atoms with E-state index in [1.54, 1.807) is 0 Å². The topological polar surface area (TPSA) is 61.3 Å². The van der Waals surface area contributed by atoms with Crippen LogP contribution in [-0.2, 0) is 0 Å². The second kappa shape index (κ2) is 4.07. The largest absolute Gasteiger partial charge is 0.385 e. The van der Waals surface area contributed by atoms with Crippen molar-refractivity contribution in [1.29, 1.82) is 5.26 Å². The predicted molar refractivity (Wildman–Crippen MR) is 73.6 cm³/mol. The number of hydrogen-bond acceptors (Lipinski definition) is 3. The Balaban J connectivity index is 1.76. The van der Waals surface area contributed by atoms with E-state index < -0.39 is 11.5 Å². The summed E-state index contributed by atoms with van der Waals surface area (Å²) in [6.45, 7) is 0. The van der Waals surface area contributed by atoms with E-state index in [0.29, 0.717) is 17.5 Å². The number of fused-ring (bicyclic) bond motifs is 3. The van der Waals surface area contributed by atoms with Gasteiger partial charge in [-0.05, 0) is 43.2 Å². The quantitative estimate of drug-likeness (QED) is 0.910. The third-order valence-electron chi connectivity index (χ3n) is 5.26. The lowest BCUT2D eigenvalue weighted by Gasteiger charge is -2.34. The zero-order valence-corrected chi connectivity index (χ0v) is 11.2. The molecule has 0 spiro atoms. The zero-order chi connectivity index (χ0) is 13.7. The Bertz CT molecular complexity index is 668. The van der Waals surface area contributed by atoms with Crippen molar-refractivity contribution in [3.8, 4) is 6.07 Å². The first-order chi connectivity index (χ1) is 9.73. The van der Waals surface area contributed by atoms with E-state index in [4.69, 9.17) is 0 Å². The van der Waals surface area contributed by atoms with E-state index in [1.165, 1.54) is 6.42 Å². The fourth-order valence-electron chi connectivity index (χ4n) is 4.26. The Morgan fingerprint density at radius 1 is 1.45 bits per heavy atom. The van der Waals surface area contributed by atoms with Crippen molar-refractivity contribution in [3.05, 3.63) is 36.3 Å². The molecule has 2 aromatic heterocycles. The summed E-state index contributed by atoms with van der Waals surface area (Å²) in [7, 11) is 0. The third kappa shape index (κ3) is 1.47. The van der Waals surface area contributed by atoms with Crippen molar-refractivity contribution in [1.82, 2.24) is 9.38 Å². The molecule has 4 atom stereocenters. The molecule has 2 saturated carbocycles. The number of aromatic nitrogens is 2. The molecule has 102 valence electrons. The van der Waals surface area contributed by atoms with Crippen LogP contribution in [0, 0.1) is 28.6 Å². The molecule has 0 aliphatic heterocycles. The maximum absolute atomic E-state index is 10.8. The summed E-state index contributed by atoms with van der Waals surface area (Å²) in [5.41, 5.74) is 0.823. The first-order valence-electron chi connectivity index (χ1n) is 7.26. The Morgan fingerprint density at radius 3 is 3.00 bits per heavy atom. The predicted octanol–water partition coefficient (Wildman–Crippen LogP) is 2.70. The minimum absolute atomic E-state index is 0.331. The number of nitrogens with zero attached hydrogens (tertiary/aromatic N) is 3. The standard InChI is InChI=1S/C16H17N3O/c17-10-16(8-11-4-5-12(16)7-11)15(20)13-9-19-6-2-1-3-14(19)18-13/h1-3,6,9,11-12,15,20H,4-5,7-8H2. The summed E-state index contributed by atoms with van der Waals surface area (Å²) in [5.74, 6) is 0.948. The highest BCUT2D eigenvalue weighted by atomic mass is 16.3. The molecule has 4 unspecified atom stereocenters. The molecule has 2 aromatic rings. The SMILES string of the molecule is N#CC1(C(O)c2cn3ccccc3n2)CC2CCC1C2. The van der Waals surface area contributed by atoms with Crippen LogP contribution in [0.25, 0.3) is 5.65 Å². The van der Waals surface area contributed by atoms with E-state index in [1.807, 2.05) is 35.0 Å². The van der Waals surface area contributed by atoms with Crippen LogP contribution in [0.1, 0.15) is 37.5 Å². The molecule has 0 radical (unpaired) electrons. The van der Waals surface area contributed by atoms with Crippen molar-refractivity contribution in [2.45, 2.75) is 31.8 Å². The lowest BCUT2D eigenvalue weighted by Crippen LogP contribution is -2.33. The third-order valence-corrected chi connectivity index (χ3v) is 5.26. The molecule has 2 aliphatic rings. The summed E-state index contributed by atoms with van der Waals surface area (Å²) in [6, 6.07) is 8.22. The molecule has 20 heavy (non-hydrogen) atoms. The molecule has 4 heteroatoms. The summed E-state index contributed by atoms with van der Waals surface area (Å²) >= 11 is 0. The maximum atomic E-state index is 10.8. The molecule has 0 saturated heterocycles. The van der Waals surface area contributed by atoms with E-state index in [-0.39, 0.29) is 0 Å². The normalized spacial score (nSPS) is 33.4. The first kappa shape index (κ1) is 11.9. The molecule has 2 aliphatic carbocycles. The lowest BCUT2D eigenvalue weighted by atomic mass is 9.69. The van der Waals surface area contributed by atoms with E-state index in [2.05, 4.69) is 11.1 Å². The number of imidazole rings is 1. The Labute approximate surface area is 117 Å². The monoisotopic (exact) mass is 267 g/mol. The van der Waals surface area contributed by atoms with Crippen LogP contribution in [-0.4, -0.2) is 14.5 Å². The fourth-order valence-corrected chi connectivity index (χ4v) is 4.26. The van der Waals surface area contributed by atoms with E-state index >= 15 is 0 Å². The molecule has 2 heterocycles. The minimum atomic E-state index is -0.775. The van der Waals surface area contributed by atoms with Gasteiger partial charge in [0.15, 0.2) is 0 Å². The van der Waals surface area contributed by atoms with Crippen molar-refractivity contribution >= 4 is 5.65 Å². The molecule has 1 N–H and O–H groups in total. The Morgan fingerprint density at radius 2 is 2.35 bits per heavy atom. The summed E-state index contributed by atoms with van der Waals surface area (Å²) in [5, 5.41) is 20.5. The highest BCUT2D eigenvalue weighted by Gasteiger charge is 2.56. The van der Waals surface area contributed by atoms with Gasteiger partial charge in [-0.3, -0.25) is 0 Å². The van der Waals surface area contributed by atoms with Crippen LogP contribution in [0.5, 0.6) is 0 Å². The van der Waals surface area contributed by atoms with Crippen LogP contribution in [0.3, 0.4) is 0 Å². The summed E-state index contributed by atoms with van der Waals surface area (Å²) in [4.78, 5) is 4.50. The van der Waals surface area contributed by atoms with Crippen molar-refractivity contribution < 1.29 is 5.11 Å². The first-order valence-corrected chi connectivity index (χ1v) is 7.26. The van der Waals surface area contributed by atoms with Crippen LogP contribution in [0.15, 0.2) is 30.6 Å². The number of aliphatic hydroxyl groups excluding tert-OH is 1. The number of aliphatic hydroxyl groups is 1. The van der Waals surface area contributed by atoms with Crippen molar-refractivity contribution in [2.75, 3.05) is 0 Å². The Kier molecular flexibility index (Phi) is 2.42. The van der Waals surface area contributed by atoms with Crippen molar-refractivity contribution in [2.24, 2.45) is 17.3 Å². The van der Waals surface area contributed by atoms with Crippen LogP contribution >= 0.6 is 0 Å². The molecule has 2 fully saturated rings. The summed E-state index contributed by atoms with van der Waals surface area (Å²) in [6.07, 6.45) is 7.20. The number of pyridine rings is 1. The molecule has 4 rings (SSSR count). The molecule has 4 nitrogen and oxygen atoms in total. The van der Waals surface area contributed by atoms with Crippen molar-refractivity contribution in [3.63, 3.8) is 0 Å². The van der Waals surface area contributed by atoms with Gasteiger partial charge >= 0.3 is 0 Å². The smallest absolute Gasteiger partial charge is 0.137 e. The molecular weight excluding hydrogens is 250 g/mol. The van der Waals surface area contributed by atoms with Gasteiger partial charge in [-0.2, -0.15) is 5.26 Å². The van der Waals surface area contributed by atoms with Gasteiger partial charge in [0.25, 0.3) is 0 Å². The zero-order valence-electron chi connectivity index (χ0n) is 11.2. The van der Waals surface area contributed by atoms with E-state index in [9.17, 15) is 10.4 Å². The van der Waals surface area contributed by atoms with Gasteiger partial charge in [0, 0.05) is 12.4 Å². The van der Waals surface area contributed by atoms with Gasteiger partial charge in [0.1, 0.15) is 11.8 Å². The summed E-state index contributed by atoms with van der Waals surface area (Å²) < 4.78 is 1.90. The number of nitriles is 1. The lowest BCUT2D eigenvalue weighted by molar-refractivity contribution is 0.0206. The highest BCUT2D eigenvalue weighted by Crippen LogP contribution is 2.60. The molecular formula is C16H17N3O.